The Morgan fingerprint density at radius 1 is 1.13 bits per heavy atom. The standard InChI is InChI=1S/C17H13ClF3NO/c1-11(9-16(23)12-5-3-2-4-6-12)22-13-7-8-15(18)14(10-13)17(19,20)21/h2-8,10,22H,1,9H2. The molecule has 0 aromatic heterocycles. The first-order chi connectivity index (χ1) is 10.8. The lowest BCUT2D eigenvalue weighted by Gasteiger charge is -2.13. The summed E-state index contributed by atoms with van der Waals surface area (Å²) in [6.07, 6.45) is -4.57. The van der Waals surface area contributed by atoms with Gasteiger partial charge in [0.05, 0.1) is 17.0 Å². The SMILES string of the molecule is C=C(CC(=O)c1ccccc1)Nc1ccc(Cl)c(C(F)(F)F)c1. The lowest BCUT2D eigenvalue weighted by molar-refractivity contribution is -0.137. The van der Waals surface area contributed by atoms with Crippen LogP contribution in [-0.4, -0.2) is 5.78 Å². The quantitative estimate of drug-likeness (QED) is 0.723. The van der Waals surface area contributed by atoms with Gasteiger partial charge in [0, 0.05) is 16.9 Å². The molecule has 120 valence electrons. The van der Waals surface area contributed by atoms with E-state index in [2.05, 4.69) is 11.9 Å². The summed E-state index contributed by atoms with van der Waals surface area (Å²) in [6.45, 7) is 3.68. The second-order valence-corrected chi connectivity index (χ2v) is 5.29. The Bertz CT molecular complexity index is 726. The topological polar surface area (TPSA) is 29.1 Å². The fourth-order valence-corrected chi connectivity index (χ4v) is 2.21. The van der Waals surface area contributed by atoms with Crippen LogP contribution >= 0.6 is 11.6 Å². The number of carbonyl (C=O) groups excluding carboxylic acids is 1. The number of rotatable bonds is 5. The summed E-state index contributed by atoms with van der Waals surface area (Å²) in [5.41, 5.74) is 0.0516. The minimum Gasteiger partial charge on any atom is -0.359 e. The molecule has 1 N–H and O–H groups in total. The molecule has 0 radical (unpaired) electrons. The van der Waals surface area contributed by atoms with Gasteiger partial charge in [0.2, 0.25) is 0 Å². The number of benzene rings is 2. The zero-order chi connectivity index (χ0) is 17.0. The third-order valence-electron chi connectivity index (χ3n) is 3.06. The Kier molecular flexibility index (Phi) is 5.11. The molecule has 0 spiro atoms. The molecular weight excluding hydrogens is 327 g/mol. The second-order valence-electron chi connectivity index (χ2n) is 4.89. The third kappa shape index (κ3) is 4.60. The van der Waals surface area contributed by atoms with Crippen molar-refractivity contribution >= 4 is 23.1 Å². The van der Waals surface area contributed by atoms with Crippen LogP contribution in [0.25, 0.3) is 0 Å². The number of anilines is 1. The highest BCUT2D eigenvalue weighted by Gasteiger charge is 2.33. The van der Waals surface area contributed by atoms with Crippen LogP contribution in [-0.2, 0) is 6.18 Å². The first-order valence-corrected chi connectivity index (χ1v) is 7.05. The number of hydrogen-bond donors (Lipinski definition) is 1. The van der Waals surface area contributed by atoms with Crippen LogP contribution in [0.5, 0.6) is 0 Å². The molecule has 2 aromatic carbocycles. The van der Waals surface area contributed by atoms with E-state index in [4.69, 9.17) is 11.6 Å². The molecular formula is C17H13ClF3NO. The second kappa shape index (κ2) is 6.87. The molecule has 0 atom stereocenters. The maximum absolute atomic E-state index is 12.8. The summed E-state index contributed by atoms with van der Waals surface area (Å²) < 4.78 is 38.4. The first-order valence-electron chi connectivity index (χ1n) is 6.67. The van der Waals surface area contributed by atoms with Gasteiger partial charge in [-0.05, 0) is 18.2 Å². The van der Waals surface area contributed by atoms with E-state index in [1.165, 1.54) is 6.07 Å². The average molecular weight is 340 g/mol. The van der Waals surface area contributed by atoms with Gasteiger partial charge in [-0.2, -0.15) is 13.2 Å². The Labute approximate surface area is 136 Å². The summed E-state index contributed by atoms with van der Waals surface area (Å²) in [6, 6.07) is 12.0. The number of hydrogen-bond acceptors (Lipinski definition) is 2. The molecule has 0 saturated heterocycles. The normalized spacial score (nSPS) is 11.1. The van der Waals surface area contributed by atoms with Crippen molar-refractivity contribution in [2.75, 3.05) is 5.32 Å². The van der Waals surface area contributed by atoms with Gasteiger partial charge in [0.25, 0.3) is 0 Å². The van der Waals surface area contributed by atoms with Gasteiger partial charge < -0.3 is 5.32 Å². The van der Waals surface area contributed by atoms with Gasteiger partial charge in [0.15, 0.2) is 5.78 Å². The first kappa shape index (κ1) is 17.1. The predicted octanol–water partition coefficient (Wildman–Crippen LogP) is 5.56. The molecule has 0 aliphatic rings. The zero-order valence-electron chi connectivity index (χ0n) is 12.0. The Morgan fingerprint density at radius 3 is 2.39 bits per heavy atom. The smallest absolute Gasteiger partial charge is 0.359 e. The number of Topliss-reactive ketones (excluding diaryl/α,β-unsaturated/α-hetero) is 1. The van der Waals surface area contributed by atoms with Crippen molar-refractivity contribution in [1.82, 2.24) is 0 Å². The maximum Gasteiger partial charge on any atom is 0.417 e. The molecule has 0 amide bonds. The number of ketones is 1. The third-order valence-corrected chi connectivity index (χ3v) is 3.39. The van der Waals surface area contributed by atoms with Crippen LogP contribution in [0.15, 0.2) is 60.8 Å². The van der Waals surface area contributed by atoms with E-state index in [1.54, 1.807) is 30.3 Å². The lowest BCUT2D eigenvalue weighted by atomic mass is 10.1. The number of carbonyl (C=O) groups is 1. The van der Waals surface area contributed by atoms with E-state index >= 15 is 0 Å². The van der Waals surface area contributed by atoms with Crippen LogP contribution in [0.1, 0.15) is 22.3 Å². The van der Waals surface area contributed by atoms with Gasteiger partial charge in [0.1, 0.15) is 0 Å². The summed E-state index contributed by atoms with van der Waals surface area (Å²) in [5, 5.41) is 2.33. The molecule has 2 rings (SSSR count). The van der Waals surface area contributed by atoms with Crippen molar-refractivity contribution in [3.05, 3.63) is 77.0 Å². The van der Waals surface area contributed by atoms with Crippen LogP contribution in [0.2, 0.25) is 5.02 Å². The molecule has 0 bridgehead atoms. The maximum atomic E-state index is 12.8. The van der Waals surface area contributed by atoms with E-state index in [0.29, 0.717) is 11.3 Å². The van der Waals surface area contributed by atoms with Crippen molar-refractivity contribution in [3.63, 3.8) is 0 Å². The Balaban J connectivity index is 2.08. The van der Waals surface area contributed by atoms with E-state index in [-0.39, 0.29) is 22.9 Å². The predicted molar refractivity (Wildman–Crippen MR) is 84.6 cm³/mol. The van der Waals surface area contributed by atoms with Crippen molar-refractivity contribution < 1.29 is 18.0 Å². The molecule has 23 heavy (non-hydrogen) atoms. The molecule has 6 heteroatoms. The number of halogens is 4. The van der Waals surface area contributed by atoms with Gasteiger partial charge >= 0.3 is 6.18 Å². The van der Waals surface area contributed by atoms with Crippen LogP contribution in [0, 0.1) is 0 Å². The fraction of sp³-hybridized carbons (Fsp3) is 0.118. The molecule has 0 heterocycles. The average Bonchev–Trinajstić information content (AvgIpc) is 2.49. The fourth-order valence-electron chi connectivity index (χ4n) is 1.99. The molecule has 2 aromatic rings. The monoisotopic (exact) mass is 339 g/mol. The zero-order valence-corrected chi connectivity index (χ0v) is 12.7. The van der Waals surface area contributed by atoms with Crippen LogP contribution in [0.3, 0.4) is 0 Å². The molecule has 2 nitrogen and oxygen atoms in total. The number of alkyl halides is 3. The highest BCUT2D eigenvalue weighted by Crippen LogP contribution is 2.36. The minimum atomic E-state index is -4.55. The van der Waals surface area contributed by atoms with Gasteiger partial charge in [-0.3, -0.25) is 4.79 Å². The number of nitrogens with one attached hydrogen (secondary N) is 1. The molecule has 0 aliphatic heterocycles. The van der Waals surface area contributed by atoms with Crippen LogP contribution < -0.4 is 5.32 Å². The number of allylic oxidation sites excluding steroid dienone is 1. The van der Waals surface area contributed by atoms with Gasteiger partial charge in [-0.1, -0.05) is 48.5 Å². The summed E-state index contributed by atoms with van der Waals surface area (Å²) in [7, 11) is 0. The summed E-state index contributed by atoms with van der Waals surface area (Å²) in [4.78, 5) is 12.0. The van der Waals surface area contributed by atoms with Crippen molar-refractivity contribution in [3.8, 4) is 0 Å². The molecule has 0 saturated carbocycles. The molecule has 0 aliphatic carbocycles. The largest absolute Gasteiger partial charge is 0.417 e. The van der Waals surface area contributed by atoms with Crippen molar-refractivity contribution in [2.45, 2.75) is 12.6 Å². The van der Waals surface area contributed by atoms with Crippen LogP contribution in [0.4, 0.5) is 18.9 Å². The Hall–Kier alpha value is -2.27. The van der Waals surface area contributed by atoms with Crippen molar-refractivity contribution in [2.24, 2.45) is 0 Å². The van der Waals surface area contributed by atoms with E-state index in [0.717, 1.165) is 12.1 Å². The molecule has 0 fully saturated rings. The molecule has 0 unspecified atom stereocenters. The summed E-state index contributed by atoms with van der Waals surface area (Å²) >= 11 is 5.56. The Morgan fingerprint density at radius 2 is 1.78 bits per heavy atom. The van der Waals surface area contributed by atoms with E-state index in [9.17, 15) is 18.0 Å². The van der Waals surface area contributed by atoms with E-state index in [1.807, 2.05) is 0 Å². The van der Waals surface area contributed by atoms with Crippen molar-refractivity contribution in [1.29, 1.82) is 0 Å². The summed E-state index contributed by atoms with van der Waals surface area (Å²) in [5.74, 6) is -0.173. The van der Waals surface area contributed by atoms with Gasteiger partial charge in [-0.15, -0.1) is 0 Å². The minimum absolute atomic E-state index is 0.0199. The lowest BCUT2D eigenvalue weighted by Crippen LogP contribution is -2.09. The highest BCUT2D eigenvalue weighted by molar-refractivity contribution is 6.31. The van der Waals surface area contributed by atoms with E-state index < -0.39 is 11.7 Å². The highest BCUT2D eigenvalue weighted by atomic mass is 35.5. The van der Waals surface area contributed by atoms with Gasteiger partial charge in [-0.25, -0.2) is 0 Å².